The van der Waals surface area contributed by atoms with E-state index in [4.69, 9.17) is 0 Å². The van der Waals surface area contributed by atoms with E-state index in [2.05, 4.69) is 133 Å². The van der Waals surface area contributed by atoms with E-state index in [0.29, 0.717) is 0 Å². The molecule has 0 saturated heterocycles. The molecule has 2 aliphatic carbocycles. The van der Waals surface area contributed by atoms with Crippen LogP contribution in [0.1, 0.15) is 34.2 Å². The zero-order valence-corrected chi connectivity index (χ0v) is 19.8. The molecule has 0 amide bonds. The van der Waals surface area contributed by atoms with Gasteiger partial charge < -0.3 is 0 Å². The maximum atomic E-state index is 2.29. The van der Waals surface area contributed by atoms with Crippen molar-refractivity contribution in [2.24, 2.45) is 0 Å². The normalized spacial score (nSPS) is 14.5. The molecule has 0 nitrogen and oxygen atoms in total. The van der Waals surface area contributed by atoms with Crippen LogP contribution in [0.5, 0.6) is 0 Å². The molecule has 34 heavy (non-hydrogen) atoms. The van der Waals surface area contributed by atoms with Gasteiger partial charge in [-0.3, -0.25) is 0 Å². The van der Waals surface area contributed by atoms with Gasteiger partial charge in [-0.25, -0.2) is 0 Å². The Morgan fingerprint density at radius 1 is 0.412 bits per heavy atom. The van der Waals surface area contributed by atoms with Crippen LogP contribution in [0.2, 0.25) is 0 Å². The van der Waals surface area contributed by atoms with Crippen molar-refractivity contribution >= 4 is 27.9 Å². The molecule has 0 bridgehead atoms. The summed E-state index contributed by atoms with van der Waals surface area (Å²) in [7, 11) is 0. The maximum absolute atomic E-state index is 2.29. The molecule has 2 aliphatic rings. The molecular formula is C33H24Co. The Morgan fingerprint density at radius 2 is 0.824 bits per heavy atom. The van der Waals surface area contributed by atoms with E-state index in [1.807, 2.05) is 0 Å². The first-order valence-electron chi connectivity index (χ1n) is 11.5. The zero-order valence-electron chi connectivity index (χ0n) is 18.7. The second kappa shape index (κ2) is 9.68. The van der Waals surface area contributed by atoms with Crippen molar-refractivity contribution in [1.82, 2.24) is 0 Å². The van der Waals surface area contributed by atoms with Crippen molar-refractivity contribution in [3.8, 4) is 0 Å². The molecule has 4 aromatic carbocycles. The smallest absolute Gasteiger partial charge is 0 e. The molecule has 0 spiro atoms. The molecule has 0 N–H and O–H groups in total. The van der Waals surface area contributed by atoms with Crippen molar-refractivity contribution in [1.29, 1.82) is 0 Å². The predicted molar refractivity (Wildman–Crippen MR) is 141 cm³/mol. The van der Waals surface area contributed by atoms with E-state index in [0.717, 1.165) is 6.42 Å². The number of benzene rings is 4. The van der Waals surface area contributed by atoms with Gasteiger partial charge in [-0.15, -0.1) is 0 Å². The Bertz CT molecular complexity index is 1440. The molecule has 1 heteroatoms. The van der Waals surface area contributed by atoms with Crippen LogP contribution in [0.25, 0.3) is 27.9 Å². The average molecular weight is 479 g/mol. The molecule has 0 atom stereocenters. The van der Waals surface area contributed by atoms with Crippen LogP contribution in [0.3, 0.4) is 0 Å². The Labute approximate surface area is 211 Å². The first-order valence-corrected chi connectivity index (χ1v) is 11.5. The van der Waals surface area contributed by atoms with Gasteiger partial charge in [0.15, 0.2) is 0 Å². The van der Waals surface area contributed by atoms with Crippen LogP contribution in [0.4, 0.5) is 0 Å². The Hall–Kier alpha value is -3.65. The molecule has 165 valence electrons. The summed E-state index contributed by atoms with van der Waals surface area (Å²) < 4.78 is 0. The van der Waals surface area contributed by atoms with Gasteiger partial charge in [-0.1, -0.05) is 133 Å². The first kappa shape index (κ1) is 22.2. The minimum Gasteiger partial charge on any atom is -0.0801 e. The van der Waals surface area contributed by atoms with Gasteiger partial charge in [0.05, 0.1) is 0 Å². The summed E-state index contributed by atoms with van der Waals surface area (Å²) in [5.41, 5.74) is 13.1. The summed E-state index contributed by atoms with van der Waals surface area (Å²) >= 11 is 0. The molecule has 0 saturated carbocycles. The fraction of sp³-hybridized carbons (Fsp3) is 0.0303. The third-order valence-electron chi connectivity index (χ3n) is 6.50. The maximum Gasteiger partial charge on any atom is 0 e. The van der Waals surface area contributed by atoms with Crippen LogP contribution >= 0.6 is 0 Å². The van der Waals surface area contributed by atoms with Crippen molar-refractivity contribution in [3.63, 3.8) is 0 Å². The monoisotopic (exact) mass is 479 g/mol. The molecule has 6 rings (SSSR count). The summed E-state index contributed by atoms with van der Waals surface area (Å²) in [5.74, 6) is 0. The molecule has 0 unspecified atom stereocenters. The molecule has 0 aromatic heterocycles. The summed E-state index contributed by atoms with van der Waals surface area (Å²) in [6.45, 7) is 0. The average Bonchev–Trinajstić information content (AvgIpc) is 3.41. The van der Waals surface area contributed by atoms with Crippen LogP contribution < -0.4 is 0 Å². The topological polar surface area (TPSA) is 0 Å². The van der Waals surface area contributed by atoms with Gasteiger partial charge >= 0.3 is 0 Å². The number of rotatable bonds is 5. The summed E-state index contributed by atoms with van der Waals surface area (Å²) in [4.78, 5) is 0. The van der Waals surface area contributed by atoms with Crippen LogP contribution in [0.15, 0.2) is 133 Å². The minimum atomic E-state index is 0. The third-order valence-corrected chi connectivity index (χ3v) is 6.50. The minimum absolute atomic E-state index is 0. The second-order valence-corrected chi connectivity index (χ2v) is 8.47. The Morgan fingerprint density at radius 3 is 1.29 bits per heavy atom. The Kier molecular flexibility index (Phi) is 6.31. The fourth-order valence-electron chi connectivity index (χ4n) is 5.02. The molecule has 1 radical (unpaired) electrons. The van der Waals surface area contributed by atoms with Gasteiger partial charge in [-0.2, -0.15) is 0 Å². The van der Waals surface area contributed by atoms with E-state index in [9.17, 15) is 0 Å². The van der Waals surface area contributed by atoms with E-state index in [-0.39, 0.29) is 16.8 Å². The number of hydrogen-bond acceptors (Lipinski definition) is 0. The molecule has 0 aliphatic heterocycles. The number of allylic oxidation sites excluding steroid dienone is 8. The van der Waals surface area contributed by atoms with Crippen LogP contribution in [-0.4, -0.2) is 0 Å². The van der Waals surface area contributed by atoms with E-state index in [1.165, 1.54) is 55.7 Å². The predicted octanol–water partition coefficient (Wildman–Crippen LogP) is 8.56. The fourth-order valence-corrected chi connectivity index (χ4v) is 5.02. The first-order chi connectivity index (χ1) is 16.4. The Balaban J connectivity index is 0.00000241. The summed E-state index contributed by atoms with van der Waals surface area (Å²) in [6.07, 6.45) is 7.65. The zero-order chi connectivity index (χ0) is 22.0. The third kappa shape index (κ3) is 3.84. The van der Waals surface area contributed by atoms with Gasteiger partial charge in [-0.05, 0) is 62.1 Å². The standard InChI is InChI=1S/C33H24.Co/c1-4-16-25(17-5-1)30-31(26-18-6-2-7-19-26)33(32(30)27-20-8-3-9-21-27)29-23-13-12-22-28(29)24-14-10-11-15-24;/h1-14,16-23H,15H2;. The largest absolute Gasteiger partial charge is 0.0801 e. The van der Waals surface area contributed by atoms with Gasteiger partial charge in [0.2, 0.25) is 0 Å². The van der Waals surface area contributed by atoms with E-state index >= 15 is 0 Å². The van der Waals surface area contributed by atoms with Crippen molar-refractivity contribution in [3.05, 3.63) is 161 Å². The van der Waals surface area contributed by atoms with Crippen molar-refractivity contribution < 1.29 is 16.8 Å². The quantitative estimate of drug-likeness (QED) is 0.269. The second-order valence-electron chi connectivity index (χ2n) is 8.47. The van der Waals surface area contributed by atoms with Gasteiger partial charge in [0.25, 0.3) is 0 Å². The van der Waals surface area contributed by atoms with E-state index in [1.54, 1.807) is 0 Å². The van der Waals surface area contributed by atoms with Crippen LogP contribution in [-0.2, 0) is 16.8 Å². The van der Waals surface area contributed by atoms with E-state index < -0.39 is 0 Å². The SMILES string of the molecule is C1=CCC(c2ccccc2C2=C(c3ccccc3)C(c3ccccc3)=C2c2ccccc2)=C1.[Co]. The summed E-state index contributed by atoms with van der Waals surface area (Å²) in [6, 6.07) is 41.4. The molecule has 0 fully saturated rings. The van der Waals surface area contributed by atoms with Gasteiger partial charge in [0.1, 0.15) is 0 Å². The number of hydrogen-bond donors (Lipinski definition) is 0. The molecule has 0 heterocycles. The van der Waals surface area contributed by atoms with Crippen molar-refractivity contribution in [2.75, 3.05) is 0 Å². The molecular weight excluding hydrogens is 455 g/mol. The summed E-state index contributed by atoms with van der Waals surface area (Å²) in [5, 5.41) is 0. The van der Waals surface area contributed by atoms with Crippen molar-refractivity contribution in [2.45, 2.75) is 6.42 Å². The molecule has 4 aromatic rings. The van der Waals surface area contributed by atoms with Gasteiger partial charge in [0, 0.05) is 16.8 Å². The van der Waals surface area contributed by atoms with Crippen LogP contribution in [0, 0.1) is 0 Å².